The minimum absolute atomic E-state index is 0.699. The molecule has 0 bridgehead atoms. The van der Waals surface area contributed by atoms with E-state index in [0.29, 0.717) is 6.73 Å². The molecule has 0 aromatic rings. The zero-order chi connectivity index (χ0) is 8.10. The minimum atomic E-state index is 0.699. The van der Waals surface area contributed by atoms with E-state index in [1.807, 2.05) is 0 Å². The van der Waals surface area contributed by atoms with Gasteiger partial charge in [-0.3, -0.25) is 9.74 Å². The first-order valence-electron chi connectivity index (χ1n) is 4.02. The molecule has 0 radical (unpaired) electrons. The molecule has 0 amide bonds. The van der Waals surface area contributed by atoms with Gasteiger partial charge in [-0.2, -0.15) is 0 Å². The summed E-state index contributed by atoms with van der Waals surface area (Å²) in [7, 11) is 3.94. The molecule has 1 N–H and O–H groups in total. The van der Waals surface area contributed by atoms with E-state index in [-0.39, 0.29) is 0 Å². The number of likely N-dealkylation sites (N-methyl/N-ethyl adjacent to an activating group) is 1. The van der Waals surface area contributed by atoms with Gasteiger partial charge in [-0.25, -0.2) is 5.48 Å². The topological polar surface area (TPSA) is 27.7 Å². The molecular weight excluding hydrogens is 142 g/mol. The highest BCUT2D eigenvalue weighted by atomic mass is 16.7. The zero-order valence-corrected chi connectivity index (χ0v) is 7.34. The van der Waals surface area contributed by atoms with Crippen LogP contribution < -0.4 is 5.48 Å². The van der Waals surface area contributed by atoms with Crippen LogP contribution in [0.3, 0.4) is 0 Å². The zero-order valence-electron chi connectivity index (χ0n) is 7.34. The first-order chi connectivity index (χ1) is 5.33. The van der Waals surface area contributed by atoms with Crippen molar-refractivity contribution in [2.75, 3.05) is 47.0 Å². The summed E-state index contributed by atoms with van der Waals surface area (Å²) in [4.78, 5) is 9.68. The lowest BCUT2D eigenvalue weighted by Crippen LogP contribution is -2.45. The molecule has 4 heteroatoms. The van der Waals surface area contributed by atoms with Crippen LogP contribution in [0, 0.1) is 0 Å². The predicted molar refractivity (Wildman–Crippen MR) is 44.1 cm³/mol. The van der Waals surface area contributed by atoms with Crippen molar-refractivity contribution >= 4 is 0 Å². The van der Waals surface area contributed by atoms with Gasteiger partial charge in [0, 0.05) is 33.2 Å². The molecule has 0 saturated carbocycles. The van der Waals surface area contributed by atoms with E-state index >= 15 is 0 Å². The summed E-state index contributed by atoms with van der Waals surface area (Å²) in [5.41, 5.74) is 2.67. The number of hydroxylamine groups is 1. The van der Waals surface area contributed by atoms with E-state index in [1.54, 1.807) is 7.05 Å². The van der Waals surface area contributed by atoms with Crippen LogP contribution in [0.25, 0.3) is 0 Å². The van der Waals surface area contributed by atoms with Crippen LogP contribution in [-0.2, 0) is 4.84 Å². The Morgan fingerprint density at radius 3 is 2.45 bits per heavy atom. The third-order valence-corrected chi connectivity index (χ3v) is 1.99. The van der Waals surface area contributed by atoms with Crippen molar-refractivity contribution in [2.24, 2.45) is 0 Å². The van der Waals surface area contributed by atoms with Crippen LogP contribution in [0.1, 0.15) is 0 Å². The van der Waals surface area contributed by atoms with Crippen molar-refractivity contribution in [1.82, 2.24) is 15.3 Å². The minimum Gasteiger partial charge on any atom is -0.304 e. The molecule has 4 nitrogen and oxygen atoms in total. The quantitative estimate of drug-likeness (QED) is 0.553. The number of nitrogens with one attached hydrogen (secondary N) is 1. The molecule has 1 rings (SSSR count). The molecule has 0 aromatic heterocycles. The molecule has 0 aliphatic carbocycles. The molecule has 66 valence electrons. The first kappa shape index (κ1) is 8.93. The van der Waals surface area contributed by atoms with Crippen LogP contribution in [0.15, 0.2) is 0 Å². The summed E-state index contributed by atoms with van der Waals surface area (Å²) in [5.74, 6) is 0. The maximum atomic E-state index is 5.07. The van der Waals surface area contributed by atoms with E-state index < -0.39 is 0 Å². The SMILES string of the molecule is CNOCN1CCN(C)CC1. The normalized spacial score (nSPS) is 22.4. The van der Waals surface area contributed by atoms with Crippen molar-refractivity contribution in [3.8, 4) is 0 Å². The molecule has 0 spiro atoms. The van der Waals surface area contributed by atoms with Crippen LogP contribution in [-0.4, -0.2) is 56.8 Å². The van der Waals surface area contributed by atoms with Gasteiger partial charge in [0.2, 0.25) is 0 Å². The monoisotopic (exact) mass is 159 g/mol. The number of hydrogen-bond acceptors (Lipinski definition) is 4. The molecule has 1 saturated heterocycles. The predicted octanol–water partition coefficient (Wildman–Crippen LogP) is -0.658. The Hall–Kier alpha value is -0.160. The van der Waals surface area contributed by atoms with Gasteiger partial charge in [0.25, 0.3) is 0 Å². The van der Waals surface area contributed by atoms with Crippen LogP contribution in [0.4, 0.5) is 0 Å². The highest BCUT2D eigenvalue weighted by Crippen LogP contribution is 1.97. The van der Waals surface area contributed by atoms with E-state index in [0.717, 1.165) is 26.2 Å². The van der Waals surface area contributed by atoms with Crippen molar-refractivity contribution in [3.05, 3.63) is 0 Å². The fraction of sp³-hybridized carbons (Fsp3) is 1.00. The third-order valence-electron chi connectivity index (χ3n) is 1.99. The molecule has 1 aliphatic rings. The Morgan fingerprint density at radius 1 is 1.27 bits per heavy atom. The second kappa shape index (κ2) is 4.66. The van der Waals surface area contributed by atoms with Crippen LogP contribution in [0.5, 0.6) is 0 Å². The summed E-state index contributed by atoms with van der Waals surface area (Å²) in [6.45, 7) is 5.21. The van der Waals surface area contributed by atoms with Gasteiger partial charge in [0.15, 0.2) is 0 Å². The fourth-order valence-electron chi connectivity index (χ4n) is 1.13. The Balaban J connectivity index is 2.07. The van der Waals surface area contributed by atoms with Gasteiger partial charge in [-0.05, 0) is 7.05 Å². The molecule has 1 fully saturated rings. The fourth-order valence-corrected chi connectivity index (χ4v) is 1.13. The Morgan fingerprint density at radius 2 is 1.91 bits per heavy atom. The lowest BCUT2D eigenvalue weighted by Gasteiger charge is -2.31. The van der Waals surface area contributed by atoms with Gasteiger partial charge in [-0.15, -0.1) is 0 Å². The van der Waals surface area contributed by atoms with Crippen molar-refractivity contribution in [1.29, 1.82) is 0 Å². The van der Waals surface area contributed by atoms with Gasteiger partial charge < -0.3 is 4.90 Å². The third kappa shape index (κ3) is 3.16. The molecule has 1 heterocycles. The average Bonchev–Trinajstić information content (AvgIpc) is 2.04. The summed E-state index contributed by atoms with van der Waals surface area (Å²) in [6.07, 6.45) is 0. The van der Waals surface area contributed by atoms with E-state index in [4.69, 9.17) is 4.84 Å². The number of hydrogen-bond donors (Lipinski definition) is 1. The molecule has 0 atom stereocenters. The molecule has 0 unspecified atom stereocenters. The maximum Gasteiger partial charge on any atom is 0.121 e. The Kier molecular flexibility index (Phi) is 3.79. The highest BCUT2D eigenvalue weighted by Gasteiger charge is 2.12. The van der Waals surface area contributed by atoms with Crippen LogP contribution in [0.2, 0.25) is 0 Å². The van der Waals surface area contributed by atoms with E-state index in [9.17, 15) is 0 Å². The summed E-state index contributed by atoms with van der Waals surface area (Å²) in [5, 5.41) is 0. The standard InChI is InChI=1S/C7H17N3O/c1-8-11-7-10-5-3-9(2)4-6-10/h8H,3-7H2,1-2H3. The summed E-state index contributed by atoms with van der Waals surface area (Å²) >= 11 is 0. The largest absolute Gasteiger partial charge is 0.304 e. The number of piperazine rings is 1. The summed E-state index contributed by atoms with van der Waals surface area (Å²) < 4.78 is 0. The van der Waals surface area contributed by atoms with Gasteiger partial charge in [-0.1, -0.05) is 0 Å². The average molecular weight is 159 g/mol. The number of rotatable bonds is 3. The van der Waals surface area contributed by atoms with Gasteiger partial charge in [0.05, 0.1) is 0 Å². The summed E-state index contributed by atoms with van der Waals surface area (Å²) in [6, 6.07) is 0. The second-order valence-electron chi connectivity index (χ2n) is 2.90. The Labute approximate surface area is 68.1 Å². The smallest absolute Gasteiger partial charge is 0.121 e. The van der Waals surface area contributed by atoms with Crippen molar-refractivity contribution in [2.45, 2.75) is 0 Å². The first-order valence-corrected chi connectivity index (χ1v) is 4.02. The molecule has 11 heavy (non-hydrogen) atoms. The lowest BCUT2D eigenvalue weighted by atomic mass is 10.3. The molecular formula is C7H17N3O. The lowest BCUT2D eigenvalue weighted by molar-refractivity contribution is -0.0369. The van der Waals surface area contributed by atoms with Gasteiger partial charge >= 0.3 is 0 Å². The second-order valence-corrected chi connectivity index (χ2v) is 2.90. The van der Waals surface area contributed by atoms with Crippen molar-refractivity contribution in [3.63, 3.8) is 0 Å². The Bertz CT molecular complexity index is 99.1. The van der Waals surface area contributed by atoms with Crippen molar-refractivity contribution < 1.29 is 4.84 Å². The van der Waals surface area contributed by atoms with E-state index in [1.165, 1.54) is 0 Å². The van der Waals surface area contributed by atoms with Crippen LogP contribution >= 0.6 is 0 Å². The molecule has 1 aliphatic heterocycles. The molecule has 0 aromatic carbocycles. The highest BCUT2D eigenvalue weighted by molar-refractivity contribution is 4.66. The maximum absolute atomic E-state index is 5.07. The van der Waals surface area contributed by atoms with E-state index in [2.05, 4.69) is 22.3 Å². The number of nitrogens with zero attached hydrogens (tertiary/aromatic N) is 2. The van der Waals surface area contributed by atoms with Gasteiger partial charge in [0.1, 0.15) is 6.73 Å².